The molecule has 0 aliphatic rings. The highest BCUT2D eigenvalue weighted by Gasteiger charge is 2.33. The zero-order chi connectivity index (χ0) is 21.7. The summed E-state index contributed by atoms with van der Waals surface area (Å²) in [6.07, 6.45) is -4.62. The molecule has 10 heteroatoms. The number of hydrogen-bond donors (Lipinski definition) is 2. The predicted molar refractivity (Wildman–Crippen MR) is 104 cm³/mol. The summed E-state index contributed by atoms with van der Waals surface area (Å²) in [5, 5.41) is 15.3. The lowest BCUT2D eigenvalue weighted by Gasteiger charge is -2.15. The summed E-state index contributed by atoms with van der Waals surface area (Å²) in [5.41, 5.74) is -1.29. The van der Waals surface area contributed by atoms with E-state index in [9.17, 15) is 28.1 Å². The number of anilines is 2. The number of urea groups is 1. The number of nitro groups is 1. The number of para-hydroxylation sites is 3. The number of alkyl halides is 3. The van der Waals surface area contributed by atoms with Crippen LogP contribution in [0.5, 0.6) is 11.5 Å². The van der Waals surface area contributed by atoms with E-state index in [-0.39, 0.29) is 22.9 Å². The van der Waals surface area contributed by atoms with Gasteiger partial charge < -0.3 is 15.4 Å². The first-order valence-electron chi connectivity index (χ1n) is 8.49. The number of nitro benzene ring substituents is 1. The van der Waals surface area contributed by atoms with E-state index in [4.69, 9.17) is 4.74 Å². The van der Waals surface area contributed by atoms with Crippen molar-refractivity contribution in [3.8, 4) is 11.5 Å². The Morgan fingerprint density at radius 3 is 2.07 bits per heavy atom. The van der Waals surface area contributed by atoms with E-state index in [0.717, 1.165) is 12.1 Å². The molecule has 154 valence electrons. The van der Waals surface area contributed by atoms with Gasteiger partial charge in [0.05, 0.1) is 21.9 Å². The lowest BCUT2D eigenvalue weighted by molar-refractivity contribution is -0.384. The average molecular weight is 417 g/mol. The second-order valence-electron chi connectivity index (χ2n) is 5.97. The fourth-order valence-electron chi connectivity index (χ4n) is 2.54. The quantitative estimate of drug-likeness (QED) is 0.390. The van der Waals surface area contributed by atoms with E-state index in [2.05, 4.69) is 10.6 Å². The molecule has 0 bridgehead atoms. The number of nitrogens with one attached hydrogen (secondary N) is 2. The van der Waals surface area contributed by atoms with Gasteiger partial charge in [-0.3, -0.25) is 10.1 Å². The molecule has 0 fully saturated rings. The second-order valence-corrected chi connectivity index (χ2v) is 5.97. The van der Waals surface area contributed by atoms with E-state index in [1.807, 2.05) is 0 Å². The number of halogens is 3. The maximum Gasteiger partial charge on any atom is 0.418 e. The molecule has 0 aromatic heterocycles. The molecule has 3 aromatic rings. The van der Waals surface area contributed by atoms with Crippen molar-refractivity contribution in [1.29, 1.82) is 0 Å². The number of non-ortho nitro benzene ring substituents is 1. The molecule has 0 atom stereocenters. The summed E-state index contributed by atoms with van der Waals surface area (Å²) in [6, 6.07) is 15.2. The Kier molecular flexibility index (Phi) is 5.86. The summed E-state index contributed by atoms with van der Waals surface area (Å²) in [4.78, 5) is 22.4. The lowest BCUT2D eigenvalue weighted by Crippen LogP contribution is -2.22. The first kappa shape index (κ1) is 20.6. The van der Waals surface area contributed by atoms with Gasteiger partial charge in [-0.15, -0.1) is 0 Å². The van der Waals surface area contributed by atoms with E-state index in [1.54, 1.807) is 12.1 Å². The van der Waals surface area contributed by atoms with Crippen LogP contribution in [0.25, 0.3) is 0 Å². The van der Waals surface area contributed by atoms with Crippen LogP contribution in [0.4, 0.5) is 35.0 Å². The van der Waals surface area contributed by atoms with Crippen LogP contribution in [0.3, 0.4) is 0 Å². The fourth-order valence-corrected chi connectivity index (χ4v) is 2.54. The smallest absolute Gasteiger partial charge is 0.418 e. The van der Waals surface area contributed by atoms with Crippen molar-refractivity contribution in [3.63, 3.8) is 0 Å². The number of carbonyl (C=O) groups excluding carboxylic acids is 1. The Bertz CT molecular complexity index is 1070. The molecule has 0 radical (unpaired) electrons. The Hall–Kier alpha value is -4.08. The Labute approximate surface area is 168 Å². The van der Waals surface area contributed by atoms with Crippen molar-refractivity contribution in [3.05, 3.63) is 88.5 Å². The number of ether oxygens (including phenoxy) is 1. The molecular weight excluding hydrogens is 403 g/mol. The third kappa shape index (κ3) is 5.04. The predicted octanol–water partition coefficient (Wildman–Crippen LogP) is 6.05. The van der Waals surface area contributed by atoms with Crippen molar-refractivity contribution in [2.75, 3.05) is 10.6 Å². The first-order chi connectivity index (χ1) is 14.2. The van der Waals surface area contributed by atoms with Crippen LogP contribution in [0.2, 0.25) is 0 Å². The van der Waals surface area contributed by atoms with Gasteiger partial charge in [0.25, 0.3) is 5.69 Å². The monoisotopic (exact) mass is 417 g/mol. The number of hydrogen-bond acceptors (Lipinski definition) is 4. The largest absolute Gasteiger partial charge is 0.455 e. The Morgan fingerprint density at radius 1 is 0.867 bits per heavy atom. The van der Waals surface area contributed by atoms with Gasteiger partial charge in [-0.1, -0.05) is 24.3 Å². The Balaban J connectivity index is 1.75. The average Bonchev–Trinajstić information content (AvgIpc) is 2.69. The zero-order valence-corrected chi connectivity index (χ0v) is 15.1. The zero-order valence-electron chi connectivity index (χ0n) is 15.1. The van der Waals surface area contributed by atoms with Crippen LogP contribution in [0, 0.1) is 10.1 Å². The summed E-state index contributed by atoms with van der Waals surface area (Å²) in [7, 11) is 0. The molecule has 0 unspecified atom stereocenters. The molecule has 0 saturated carbocycles. The first-order valence-corrected chi connectivity index (χ1v) is 8.49. The van der Waals surface area contributed by atoms with Crippen molar-refractivity contribution in [1.82, 2.24) is 0 Å². The molecule has 0 saturated heterocycles. The molecular formula is C20H14F3N3O4. The topological polar surface area (TPSA) is 93.5 Å². The highest BCUT2D eigenvalue weighted by Crippen LogP contribution is 2.35. The minimum atomic E-state index is -4.62. The highest BCUT2D eigenvalue weighted by atomic mass is 19.4. The third-order valence-corrected chi connectivity index (χ3v) is 3.89. The SMILES string of the molecule is O=C(Nc1ccccc1Oc1ccc([N+](=O)[O-])cc1)Nc1ccccc1C(F)(F)F. The normalized spacial score (nSPS) is 10.9. The number of nitrogens with zero attached hydrogens (tertiary/aromatic N) is 1. The molecule has 2 amide bonds. The lowest BCUT2D eigenvalue weighted by atomic mass is 10.1. The highest BCUT2D eigenvalue weighted by molar-refractivity contribution is 6.01. The van der Waals surface area contributed by atoms with Crippen molar-refractivity contribution < 1.29 is 27.6 Å². The number of amides is 2. The third-order valence-electron chi connectivity index (χ3n) is 3.89. The van der Waals surface area contributed by atoms with Crippen LogP contribution in [0.15, 0.2) is 72.8 Å². The van der Waals surface area contributed by atoms with E-state index in [1.165, 1.54) is 48.5 Å². The molecule has 3 aromatic carbocycles. The minimum Gasteiger partial charge on any atom is -0.455 e. The fraction of sp³-hybridized carbons (Fsp3) is 0.0500. The number of rotatable bonds is 5. The van der Waals surface area contributed by atoms with Gasteiger partial charge in [0.15, 0.2) is 5.75 Å². The van der Waals surface area contributed by atoms with Crippen LogP contribution >= 0.6 is 0 Å². The second kappa shape index (κ2) is 8.52. The standard InChI is InChI=1S/C20H14F3N3O4/c21-20(22,23)15-5-1-2-6-16(15)24-19(27)25-17-7-3-4-8-18(17)30-14-11-9-13(10-12-14)26(28)29/h1-12H,(H2,24,25,27). The minimum absolute atomic E-state index is 0.114. The molecule has 0 spiro atoms. The van der Waals surface area contributed by atoms with Crippen LogP contribution in [-0.4, -0.2) is 11.0 Å². The van der Waals surface area contributed by atoms with Crippen molar-refractivity contribution in [2.24, 2.45) is 0 Å². The van der Waals surface area contributed by atoms with Gasteiger partial charge in [0.2, 0.25) is 0 Å². The summed E-state index contributed by atoms with van der Waals surface area (Å²) >= 11 is 0. The molecule has 30 heavy (non-hydrogen) atoms. The molecule has 7 nitrogen and oxygen atoms in total. The van der Waals surface area contributed by atoms with Gasteiger partial charge in [-0.2, -0.15) is 13.2 Å². The van der Waals surface area contributed by atoms with Crippen LogP contribution < -0.4 is 15.4 Å². The molecule has 3 rings (SSSR count). The molecule has 2 N–H and O–H groups in total. The molecule has 0 aliphatic carbocycles. The van der Waals surface area contributed by atoms with Gasteiger partial charge in [0.1, 0.15) is 5.75 Å². The van der Waals surface area contributed by atoms with Crippen molar-refractivity contribution >= 4 is 23.1 Å². The maximum atomic E-state index is 13.1. The van der Waals surface area contributed by atoms with E-state index < -0.39 is 28.4 Å². The van der Waals surface area contributed by atoms with E-state index >= 15 is 0 Å². The number of benzene rings is 3. The van der Waals surface area contributed by atoms with Crippen LogP contribution in [-0.2, 0) is 6.18 Å². The van der Waals surface area contributed by atoms with Gasteiger partial charge in [-0.05, 0) is 36.4 Å². The maximum absolute atomic E-state index is 13.1. The Morgan fingerprint density at radius 2 is 1.43 bits per heavy atom. The summed E-state index contributed by atoms with van der Waals surface area (Å²) < 4.78 is 44.9. The van der Waals surface area contributed by atoms with Gasteiger partial charge in [0, 0.05) is 12.1 Å². The van der Waals surface area contributed by atoms with Crippen molar-refractivity contribution in [2.45, 2.75) is 6.18 Å². The van der Waals surface area contributed by atoms with Gasteiger partial charge >= 0.3 is 12.2 Å². The number of carbonyl (C=O) groups is 1. The van der Waals surface area contributed by atoms with Crippen LogP contribution in [0.1, 0.15) is 5.56 Å². The molecule has 0 aliphatic heterocycles. The molecule has 0 heterocycles. The summed E-state index contributed by atoms with van der Waals surface area (Å²) in [5.74, 6) is 0.475. The van der Waals surface area contributed by atoms with E-state index in [0.29, 0.717) is 0 Å². The van der Waals surface area contributed by atoms with Gasteiger partial charge in [-0.25, -0.2) is 4.79 Å². The summed E-state index contributed by atoms with van der Waals surface area (Å²) in [6.45, 7) is 0.